The number of carbonyl (C=O) groups is 1. The Balaban J connectivity index is 1.26. The molecule has 2 heterocycles. The molecule has 2 atom stereocenters. The number of benzene rings is 3. The Bertz CT molecular complexity index is 1230. The van der Waals surface area contributed by atoms with Crippen molar-refractivity contribution in [2.45, 2.75) is 31.5 Å². The second-order valence-corrected chi connectivity index (χ2v) is 8.77. The molecule has 1 saturated heterocycles. The fraction of sp³-hybridized carbons (Fsp3) is 0.241. The first-order valence-electron chi connectivity index (χ1n) is 11.6. The Labute approximate surface area is 199 Å². The summed E-state index contributed by atoms with van der Waals surface area (Å²) in [6.45, 7) is 1.29. The number of hydrogen-bond donors (Lipinski definition) is 0. The van der Waals surface area contributed by atoms with Gasteiger partial charge in [0.05, 0.1) is 36.9 Å². The lowest BCUT2D eigenvalue weighted by Gasteiger charge is -2.43. The average Bonchev–Trinajstić information content (AvgIpc) is 2.88. The lowest BCUT2D eigenvalue weighted by molar-refractivity contribution is -0.0374. The summed E-state index contributed by atoms with van der Waals surface area (Å²) in [5.41, 5.74) is 6.17. The van der Waals surface area contributed by atoms with Gasteiger partial charge in [-0.25, -0.2) is 4.79 Å². The van der Waals surface area contributed by atoms with E-state index in [1.807, 2.05) is 59.5 Å². The monoisotopic (exact) mass is 450 g/mol. The van der Waals surface area contributed by atoms with Crippen molar-refractivity contribution >= 4 is 6.09 Å². The van der Waals surface area contributed by atoms with Crippen LogP contribution in [-0.2, 0) is 22.5 Å². The van der Waals surface area contributed by atoms with Crippen LogP contribution in [0.5, 0.6) is 0 Å². The fourth-order valence-corrected chi connectivity index (χ4v) is 4.79. The molecule has 3 aromatic rings. The van der Waals surface area contributed by atoms with Gasteiger partial charge in [-0.1, -0.05) is 84.4 Å². The summed E-state index contributed by atoms with van der Waals surface area (Å²) in [5, 5.41) is 9.38. The maximum absolute atomic E-state index is 12.9. The van der Waals surface area contributed by atoms with E-state index in [2.05, 4.69) is 36.4 Å². The highest BCUT2D eigenvalue weighted by Gasteiger charge is 2.38. The predicted molar refractivity (Wildman–Crippen MR) is 130 cm³/mol. The van der Waals surface area contributed by atoms with Crippen LogP contribution in [0, 0.1) is 11.3 Å². The SMILES string of the molecule is N#Cc1ccccc1-c1ccc(CC2=CC3COCC(C2)N3C(=O)OCc2ccccc2)cc1. The second-order valence-electron chi connectivity index (χ2n) is 8.77. The van der Waals surface area contributed by atoms with Crippen LogP contribution in [0.2, 0.25) is 0 Å². The summed E-state index contributed by atoms with van der Waals surface area (Å²) in [4.78, 5) is 14.7. The number of nitrogens with zero attached hydrogens (tertiary/aromatic N) is 2. The molecule has 1 amide bonds. The summed E-state index contributed by atoms with van der Waals surface area (Å²) in [6, 6.07) is 27.9. The molecule has 1 fully saturated rings. The predicted octanol–water partition coefficient (Wildman–Crippen LogP) is 5.50. The topological polar surface area (TPSA) is 62.6 Å². The normalized spacial score (nSPS) is 19.1. The average molecular weight is 451 g/mol. The molecule has 5 rings (SSSR count). The van der Waals surface area contributed by atoms with E-state index >= 15 is 0 Å². The summed E-state index contributed by atoms with van der Waals surface area (Å²) in [6.07, 6.45) is 3.49. The molecule has 2 aliphatic heterocycles. The van der Waals surface area contributed by atoms with Gasteiger partial charge >= 0.3 is 6.09 Å². The standard InChI is InChI=1S/C29H26N2O3/c30-17-25-8-4-5-9-28(25)24-12-10-21(11-13-24)14-23-15-26-19-33-20-27(16-23)31(26)29(32)34-18-22-6-2-1-3-7-22/h1-13,15,26-27H,14,16,18-20H2. The first kappa shape index (κ1) is 21.9. The molecule has 2 bridgehead atoms. The molecule has 0 N–H and O–H groups in total. The van der Waals surface area contributed by atoms with Crippen LogP contribution >= 0.6 is 0 Å². The minimum absolute atomic E-state index is 0.0104. The molecular weight excluding hydrogens is 424 g/mol. The van der Waals surface area contributed by atoms with Gasteiger partial charge < -0.3 is 9.47 Å². The van der Waals surface area contributed by atoms with Crippen LogP contribution in [0.15, 0.2) is 90.5 Å². The fourth-order valence-electron chi connectivity index (χ4n) is 4.79. The Kier molecular flexibility index (Phi) is 6.42. The van der Waals surface area contributed by atoms with Crippen molar-refractivity contribution in [1.29, 1.82) is 5.26 Å². The molecule has 2 aliphatic rings. The third-order valence-corrected chi connectivity index (χ3v) is 6.44. The first-order valence-corrected chi connectivity index (χ1v) is 11.6. The second kappa shape index (κ2) is 9.94. The lowest BCUT2D eigenvalue weighted by Crippen LogP contribution is -2.56. The maximum Gasteiger partial charge on any atom is 0.411 e. The van der Waals surface area contributed by atoms with E-state index in [0.717, 1.165) is 29.5 Å². The summed E-state index contributed by atoms with van der Waals surface area (Å²) < 4.78 is 11.4. The van der Waals surface area contributed by atoms with E-state index in [-0.39, 0.29) is 24.8 Å². The van der Waals surface area contributed by atoms with Gasteiger partial charge in [-0.05, 0) is 41.2 Å². The van der Waals surface area contributed by atoms with Gasteiger partial charge in [0.2, 0.25) is 0 Å². The molecule has 0 aliphatic carbocycles. The summed E-state index contributed by atoms with van der Waals surface area (Å²) in [7, 11) is 0. The molecule has 0 saturated carbocycles. The molecule has 0 aromatic heterocycles. The zero-order valence-electron chi connectivity index (χ0n) is 18.9. The van der Waals surface area contributed by atoms with Crippen LogP contribution in [0.25, 0.3) is 11.1 Å². The van der Waals surface area contributed by atoms with E-state index < -0.39 is 0 Å². The van der Waals surface area contributed by atoms with Gasteiger partial charge in [0.1, 0.15) is 6.61 Å². The molecule has 34 heavy (non-hydrogen) atoms. The lowest BCUT2D eigenvalue weighted by atomic mass is 9.90. The molecule has 5 nitrogen and oxygen atoms in total. The van der Waals surface area contributed by atoms with Crippen molar-refractivity contribution < 1.29 is 14.3 Å². The number of carbonyl (C=O) groups excluding carboxylic acids is 1. The van der Waals surface area contributed by atoms with Gasteiger partial charge in [-0.2, -0.15) is 5.26 Å². The van der Waals surface area contributed by atoms with Crippen molar-refractivity contribution in [3.63, 3.8) is 0 Å². The molecule has 0 radical (unpaired) electrons. The summed E-state index contributed by atoms with van der Waals surface area (Å²) >= 11 is 0. The molecular formula is C29H26N2O3. The molecule has 0 spiro atoms. The van der Waals surface area contributed by atoms with Crippen molar-refractivity contribution in [2.75, 3.05) is 13.2 Å². The van der Waals surface area contributed by atoms with Gasteiger partial charge in [-0.15, -0.1) is 0 Å². The first-order chi connectivity index (χ1) is 16.7. The summed E-state index contributed by atoms with van der Waals surface area (Å²) in [5.74, 6) is 0. The van der Waals surface area contributed by atoms with Crippen LogP contribution < -0.4 is 0 Å². The van der Waals surface area contributed by atoms with E-state index in [0.29, 0.717) is 18.8 Å². The highest BCUT2D eigenvalue weighted by Crippen LogP contribution is 2.30. The maximum atomic E-state index is 12.9. The van der Waals surface area contributed by atoms with Crippen LogP contribution in [0.3, 0.4) is 0 Å². The van der Waals surface area contributed by atoms with E-state index in [1.54, 1.807) is 0 Å². The number of morpholine rings is 1. The smallest absolute Gasteiger partial charge is 0.411 e. The Morgan fingerprint density at radius 2 is 1.74 bits per heavy atom. The van der Waals surface area contributed by atoms with E-state index in [9.17, 15) is 10.1 Å². The minimum Gasteiger partial charge on any atom is -0.445 e. The third kappa shape index (κ3) is 4.73. The Hall–Kier alpha value is -3.88. The highest BCUT2D eigenvalue weighted by atomic mass is 16.6. The Morgan fingerprint density at radius 3 is 2.50 bits per heavy atom. The van der Waals surface area contributed by atoms with Gasteiger partial charge in [0.25, 0.3) is 0 Å². The van der Waals surface area contributed by atoms with Gasteiger partial charge in [0.15, 0.2) is 0 Å². The minimum atomic E-state index is -0.280. The zero-order chi connectivity index (χ0) is 23.3. The zero-order valence-corrected chi connectivity index (χ0v) is 18.9. The van der Waals surface area contributed by atoms with Crippen LogP contribution in [0.1, 0.15) is 23.1 Å². The molecule has 2 unspecified atom stereocenters. The van der Waals surface area contributed by atoms with Crippen molar-refractivity contribution in [3.8, 4) is 17.2 Å². The molecule has 3 aromatic carbocycles. The van der Waals surface area contributed by atoms with E-state index in [4.69, 9.17) is 9.47 Å². The largest absolute Gasteiger partial charge is 0.445 e. The Morgan fingerprint density at radius 1 is 0.971 bits per heavy atom. The molecule has 170 valence electrons. The molecule has 5 heteroatoms. The third-order valence-electron chi connectivity index (χ3n) is 6.44. The number of fused-ring (bicyclic) bond motifs is 2. The van der Waals surface area contributed by atoms with Crippen molar-refractivity contribution in [1.82, 2.24) is 4.90 Å². The van der Waals surface area contributed by atoms with Crippen molar-refractivity contribution in [2.24, 2.45) is 0 Å². The van der Waals surface area contributed by atoms with Gasteiger partial charge in [0, 0.05) is 0 Å². The van der Waals surface area contributed by atoms with E-state index in [1.165, 1.54) is 11.1 Å². The number of rotatable bonds is 5. The number of amides is 1. The number of ether oxygens (including phenoxy) is 2. The van der Waals surface area contributed by atoms with Gasteiger partial charge in [-0.3, -0.25) is 4.90 Å². The number of nitriles is 1. The quantitative estimate of drug-likeness (QED) is 0.481. The van der Waals surface area contributed by atoms with Crippen molar-refractivity contribution in [3.05, 3.63) is 107 Å². The highest BCUT2D eigenvalue weighted by molar-refractivity contribution is 5.71. The van der Waals surface area contributed by atoms with Crippen LogP contribution in [0.4, 0.5) is 4.79 Å². The number of hydrogen-bond acceptors (Lipinski definition) is 4. The van der Waals surface area contributed by atoms with Crippen LogP contribution in [-0.4, -0.2) is 36.3 Å².